The molecule has 1 atom stereocenters. The van der Waals surface area contributed by atoms with Gasteiger partial charge in [-0.15, -0.1) is 0 Å². The summed E-state index contributed by atoms with van der Waals surface area (Å²) in [6.07, 6.45) is 4.51. The van der Waals surface area contributed by atoms with Crippen molar-refractivity contribution in [1.29, 1.82) is 5.26 Å². The molecular formula is C9H13N3O. The second-order valence-corrected chi connectivity index (χ2v) is 3.03. The number of hydrogen-bond donors (Lipinski definition) is 0. The van der Waals surface area contributed by atoms with Crippen LogP contribution in [-0.4, -0.2) is 30.3 Å². The molecule has 1 aliphatic rings. The minimum absolute atomic E-state index is 0.643. The van der Waals surface area contributed by atoms with Crippen molar-refractivity contribution in [1.82, 2.24) is 4.90 Å². The molecule has 0 amide bonds. The summed E-state index contributed by atoms with van der Waals surface area (Å²) in [6, 6.07) is 2.26. The maximum Gasteiger partial charge on any atom is 0.172 e. The quantitative estimate of drug-likeness (QED) is 0.471. The van der Waals surface area contributed by atoms with Crippen molar-refractivity contribution < 1.29 is 4.84 Å². The number of hydrogen-bond acceptors (Lipinski definition) is 4. The first kappa shape index (κ1) is 9.59. The van der Waals surface area contributed by atoms with Crippen molar-refractivity contribution >= 4 is 5.71 Å². The topological polar surface area (TPSA) is 48.6 Å². The molecule has 0 aromatic rings. The van der Waals surface area contributed by atoms with Gasteiger partial charge in [0.1, 0.15) is 7.11 Å². The summed E-state index contributed by atoms with van der Waals surface area (Å²) in [4.78, 5) is 6.53. The molecule has 0 radical (unpaired) electrons. The molecule has 0 fully saturated rings. The lowest BCUT2D eigenvalue weighted by Gasteiger charge is -2.29. The summed E-state index contributed by atoms with van der Waals surface area (Å²) in [5, 5.41) is 12.9. The zero-order chi connectivity index (χ0) is 9.90. The molecule has 4 heteroatoms. The third-order valence-corrected chi connectivity index (χ3v) is 2.36. The van der Waals surface area contributed by atoms with Crippen LogP contribution in [0.25, 0.3) is 0 Å². The van der Waals surface area contributed by atoms with Crippen LogP contribution in [0, 0.1) is 11.3 Å². The van der Waals surface area contributed by atoms with E-state index >= 15 is 0 Å². The summed E-state index contributed by atoms with van der Waals surface area (Å²) in [5.74, 6) is 0. The van der Waals surface area contributed by atoms with Gasteiger partial charge in [-0.2, -0.15) is 5.26 Å². The predicted octanol–water partition coefficient (Wildman–Crippen LogP) is 1.12. The molecule has 1 unspecified atom stereocenters. The number of oxime groups is 1. The Bertz CT molecular complexity index is 290. The van der Waals surface area contributed by atoms with Crippen LogP contribution in [-0.2, 0) is 4.84 Å². The van der Waals surface area contributed by atoms with E-state index in [0.717, 1.165) is 0 Å². The first-order valence-corrected chi connectivity index (χ1v) is 4.06. The molecule has 0 aromatic heterocycles. The van der Waals surface area contributed by atoms with Crippen molar-refractivity contribution in [3.8, 4) is 6.07 Å². The standard InChI is InChI=1S/C9H13N3O/c1-8(11-13-3)9(7-10)5-4-6-12(9)2/h4,6H,5H2,1-3H3/b11-8+. The average Bonchev–Trinajstić information content (AvgIpc) is 2.48. The fourth-order valence-corrected chi connectivity index (χ4v) is 1.47. The van der Waals surface area contributed by atoms with Crippen molar-refractivity contribution in [3.05, 3.63) is 12.3 Å². The summed E-state index contributed by atoms with van der Waals surface area (Å²) in [5.41, 5.74) is 0.0423. The normalized spacial score (nSPS) is 27.5. The third kappa shape index (κ3) is 1.37. The van der Waals surface area contributed by atoms with Gasteiger partial charge in [-0.25, -0.2) is 0 Å². The highest BCUT2D eigenvalue weighted by Crippen LogP contribution is 2.26. The molecular weight excluding hydrogens is 166 g/mol. The van der Waals surface area contributed by atoms with Crippen LogP contribution in [0.1, 0.15) is 13.3 Å². The van der Waals surface area contributed by atoms with E-state index < -0.39 is 5.54 Å². The summed E-state index contributed by atoms with van der Waals surface area (Å²) >= 11 is 0. The van der Waals surface area contributed by atoms with E-state index in [0.29, 0.717) is 12.1 Å². The molecule has 0 N–H and O–H groups in total. The molecule has 1 rings (SSSR count). The Morgan fingerprint density at radius 3 is 2.85 bits per heavy atom. The van der Waals surface area contributed by atoms with Crippen LogP contribution in [0.4, 0.5) is 0 Å². The van der Waals surface area contributed by atoms with Gasteiger partial charge in [0.05, 0.1) is 11.8 Å². The lowest BCUT2D eigenvalue weighted by Crippen LogP contribution is -2.45. The van der Waals surface area contributed by atoms with Gasteiger partial charge in [0.2, 0.25) is 0 Å². The Balaban J connectivity index is 2.97. The van der Waals surface area contributed by atoms with Gasteiger partial charge in [-0.1, -0.05) is 11.2 Å². The molecule has 0 aliphatic carbocycles. The van der Waals surface area contributed by atoms with Gasteiger partial charge in [0, 0.05) is 13.5 Å². The molecule has 0 spiro atoms. The van der Waals surface area contributed by atoms with E-state index in [2.05, 4.69) is 16.1 Å². The lowest BCUT2D eigenvalue weighted by atomic mass is 9.93. The number of nitrogens with zero attached hydrogens (tertiary/aromatic N) is 3. The van der Waals surface area contributed by atoms with E-state index in [-0.39, 0.29) is 0 Å². The van der Waals surface area contributed by atoms with Gasteiger partial charge in [0.15, 0.2) is 5.54 Å². The molecule has 13 heavy (non-hydrogen) atoms. The van der Waals surface area contributed by atoms with Crippen LogP contribution < -0.4 is 0 Å². The zero-order valence-corrected chi connectivity index (χ0v) is 8.11. The van der Waals surface area contributed by atoms with Crippen LogP contribution in [0.2, 0.25) is 0 Å². The predicted molar refractivity (Wildman–Crippen MR) is 50.0 cm³/mol. The summed E-state index contributed by atoms with van der Waals surface area (Å²) in [7, 11) is 3.35. The van der Waals surface area contributed by atoms with Gasteiger partial charge in [-0.3, -0.25) is 0 Å². The lowest BCUT2D eigenvalue weighted by molar-refractivity contribution is 0.206. The van der Waals surface area contributed by atoms with Crippen LogP contribution in [0.3, 0.4) is 0 Å². The Morgan fingerprint density at radius 1 is 1.77 bits per heavy atom. The van der Waals surface area contributed by atoms with Crippen molar-refractivity contribution in [2.24, 2.45) is 5.16 Å². The van der Waals surface area contributed by atoms with Crippen molar-refractivity contribution in [2.45, 2.75) is 18.9 Å². The van der Waals surface area contributed by atoms with Crippen LogP contribution >= 0.6 is 0 Å². The first-order chi connectivity index (χ1) is 6.17. The number of rotatable bonds is 2. The highest BCUT2D eigenvalue weighted by Gasteiger charge is 2.39. The first-order valence-electron chi connectivity index (χ1n) is 4.06. The maximum atomic E-state index is 9.12. The molecule has 70 valence electrons. The SMILES string of the molecule is CO/N=C(\C)C1(C#N)CC=CN1C. The Kier molecular flexibility index (Phi) is 2.57. The summed E-state index contributed by atoms with van der Waals surface area (Å²) in [6.45, 7) is 1.80. The van der Waals surface area contributed by atoms with Crippen molar-refractivity contribution in [2.75, 3.05) is 14.2 Å². The van der Waals surface area contributed by atoms with Gasteiger partial charge in [0.25, 0.3) is 0 Å². The zero-order valence-electron chi connectivity index (χ0n) is 8.11. The molecule has 0 aromatic carbocycles. The molecule has 0 saturated carbocycles. The minimum atomic E-state index is -0.643. The van der Waals surface area contributed by atoms with Crippen LogP contribution in [0.5, 0.6) is 0 Å². The highest BCUT2D eigenvalue weighted by molar-refractivity contribution is 5.94. The van der Waals surface area contributed by atoms with Gasteiger partial charge < -0.3 is 9.74 Å². The molecule has 0 bridgehead atoms. The van der Waals surface area contributed by atoms with E-state index in [4.69, 9.17) is 5.26 Å². The fourth-order valence-electron chi connectivity index (χ4n) is 1.47. The van der Waals surface area contributed by atoms with E-state index in [1.54, 1.807) is 6.92 Å². The summed E-state index contributed by atoms with van der Waals surface area (Å²) < 4.78 is 0. The molecule has 1 aliphatic heterocycles. The number of nitriles is 1. The monoisotopic (exact) mass is 179 g/mol. The Hall–Kier alpha value is -1.50. The molecule has 1 heterocycles. The second-order valence-electron chi connectivity index (χ2n) is 3.03. The van der Waals surface area contributed by atoms with Gasteiger partial charge >= 0.3 is 0 Å². The largest absolute Gasteiger partial charge is 0.399 e. The van der Waals surface area contributed by atoms with E-state index in [9.17, 15) is 0 Å². The third-order valence-electron chi connectivity index (χ3n) is 2.36. The highest BCUT2D eigenvalue weighted by atomic mass is 16.6. The molecule has 4 nitrogen and oxygen atoms in total. The maximum absolute atomic E-state index is 9.12. The average molecular weight is 179 g/mol. The fraction of sp³-hybridized carbons (Fsp3) is 0.556. The Morgan fingerprint density at radius 2 is 2.46 bits per heavy atom. The van der Waals surface area contributed by atoms with E-state index in [1.165, 1.54) is 7.11 Å². The smallest absolute Gasteiger partial charge is 0.172 e. The Labute approximate surface area is 78.1 Å². The van der Waals surface area contributed by atoms with Gasteiger partial charge in [-0.05, 0) is 13.1 Å². The van der Waals surface area contributed by atoms with E-state index in [1.807, 2.05) is 24.2 Å². The minimum Gasteiger partial charge on any atom is -0.399 e. The second kappa shape index (κ2) is 3.48. The van der Waals surface area contributed by atoms with Crippen molar-refractivity contribution in [3.63, 3.8) is 0 Å². The van der Waals surface area contributed by atoms with Crippen LogP contribution in [0.15, 0.2) is 17.4 Å². The molecule has 0 saturated heterocycles.